The number of benzene rings is 1. The number of amidine groups is 2. The molecule has 0 radical (unpaired) electrons. The normalized spacial score (nSPS) is 16.0. The molecule has 1 saturated heterocycles. The number of nitrogens with zero attached hydrogens (tertiary/aromatic N) is 5. The van der Waals surface area contributed by atoms with Crippen molar-refractivity contribution in [3.8, 4) is 5.75 Å². The van der Waals surface area contributed by atoms with Gasteiger partial charge in [0.25, 0.3) is 5.91 Å². The number of amides is 1. The topological polar surface area (TPSA) is 161 Å². The molecule has 1 aliphatic heterocycles. The fourth-order valence-corrected chi connectivity index (χ4v) is 4.27. The number of hydrogen-bond donors (Lipinski definition) is 4. The van der Waals surface area contributed by atoms with Crippen molar-refractivity contribution < 1.29 is 19.3 Å². The number of anilines is 1. The predicted octanol–water partition coefficient (Wildman–Crippen LogP) is 1.26. The SMILES string of the molecule is Cc1ccc([C@H]([NH+]=C(N)C(N)=Nc2cccc(C(=O)N3CCN(c4ncccn4)CC3)c2O)C(C)(C)C)o1. The summed E-state index contributed by atoms with van der Waals surface area (Å²) in [4.78, 5) is 33.0. The van der Waals surface area contributed by atoms with Crippen LogP contribution in [0.15, 0.2) is 58.2 Å². The number of phenolic OH excluding ortho intramolecular Hbond substituents is 1. The molecule has 1 aromatic carbocycles. The lowest BCUT2D eigenvalue weighted by Gasteiger charge is -2.34. The summed E-state index contributed by atoms with van der Waals surface area (Å²) in [6.45, 7) is 10.1. The molecule has 0 saturated carbocycles. The van der Waals surface area contributed by atoms with Crippen molar-refractivity contribution >= 4 is 29.2 Å². The Morgan fingerprint density at radius 3 is 2.37 bits per heavy atom. The highest BCUT2D eigenvalue weighted by molar-refractivity contribution is 6.37. The van der Waals surface area contributed by atoms with Crippen LogP contribution in [0.2, 0.25) is 0 Å². The van der Waals surface area contributed by atoms with Crippen LogP contribution >= 0.6 is 0 Å². The zero-order valence-corrected chi connectivity index (χ0v) is 22.2. The standard InChI is InChI=1S/C27H34N8O3/c1-17-9-10-20(38-17)22(27(2,3)4)33-24(29)23(28)32-19-8-5-7-18(21(19)36)25(37)34-13-15-35(16-14-34)26-30-11-6-12-31-26/h5-12,22,36H,13-16H2,1-4H3,(H2,28,32)(H2,29,33)/p+1/t22-/m0/s1. The quantitative estimate of drug-likeness (QED) is 0.289. The third-order valence-corrected chi connectivity index (χ3v) is 6.38. The number of aryl methyl sites for hydroxylation is 1. The van der Waals surface area contributed by atoms with Crippen LogP contribution in [-0.2, 0) is 0 Å². The van der Waals surface area contributed by atoms with Gasteiger partial charge in [-0.2, -0.15) is 0 Å². The second kappa shape index (κ2) is 10.9. The van der Waals surface area contributed by atoms with Crippen LogP contribution in [0.5, 0.6) is 5.75 Å². The molecule has 200 valence electrons. The molecule has 6 N–H and O–H groups in total. The average Bonchev–Trinajstić information content (AvgIpc) is 3.33. The minimum absolute atomic E-state index is 0.0149. The van der Waals surface area contributed by atoms with Crippen molar-refractivity contribution in [3.05, 3.63) is 65.9 Å². The third kappa shape index (κ3) is 5.93. The number of para-hydroxylation sites is 1. The number of aromatic nitrogens is 2. The summed E-state index contributed by atoms with van der Waals surface area (Å²) in [5.41, 5.74) is 12.5. The molecule has 3 aromatic rings. The zero-order chi connectivity index (χ0) is 27.4. The molecule has 0 spiro atoms. The van der Waals surface area contributed by atoms with Gasteiger partial charge < -0.3 is 25.1 Å². The van der Waals surface area contributed by atoms with E-state index in [4.69, 9.17) is 15.9 Å². The molecule has 1 atom stereocenters. The minimum Gasteiger partial charge on any atom is -0.505 e. The number of phenols is 1. The Morgan fingerprint density at radius 1 is 1.08 bits per heavy atom. The number of carbonyl (C=O) groups is 1. The van der Waals surface area contributed by atoms with Crippen LogP contribution in [0.4, 0.5) is 11.6 Å². The molecule has 2 aromatic heterocycles. The first-order valence-electron chi connectivity index (χ1n) is 12.5. The Labute approximate surface area is 221 Å². The summed E-state index contributed by atoms with van der Waals surface area (Å²) < 4.78 is 5.82. The highest BCUT2D eigenvalue weighted by Gasteiger charge is 2.32. The Hall–Kier alpha value is -4.41. The number of furan rings is 1. The molecule has 1 fully saturated rings. The van der Waals surface area contributed by atoms with Crippen LogP contribution < -0.4 is 21.4 Å². The van der Waals surface area contributed by atoms with Crippen LogP contribution in [-0.4, -0.2) is 63.7 Å². The van der Waals surface area contributed by atoms with E-state index in [1.54, 1.807) is 41.6 Å². The van der Waals surface area contributed by atoms with E-state index in [2.05, 4.69) is 40.7 Å². The zero-order valence-electron chi connectivity index (χ0n) is 22.2. The van der Waals surface area contributed by atoms with Crippen LogP contribution in [0.3, 0.4) is 0 Å². The van der Waals surface area contributed by atoms with E-state index in [1.807, 2.05) is 24.0 Å². The van der Waals surface area contributed by atoms with Gasteiger partial charge in [-0.1, -0.05) is 26.8 Å². The van der Waals surface area contributed by atoms with Gasteiger partial charge >= 0.3 is 5.84 Å². The minimum atomic E-state index is -0.289. The molecule has 1 amide bonds. The predicted molar refractivity (Wildman–Crippen MR) is 145 cm³/mol. The maximum absolute atomic E-state index is 13.2. The van der Waals surface area contributed by atoms with E-state index in [0.717, 1.165) is 11.5 Å². The van der Waals surface area contributed by atoms with Gasteiger partial charge in [-0.25, -0.2) is 15.0 Å². The second-order valence-corrected chi connectivity index (χ2v) is 10.3. The summed E-state index contributed by atoms with van der Waals surface area (Å²) in [7, 11) is 0. The maximum Gasteiger partial charge on any atom is 0.309 e. The third-order valence-electron chi connectivity index (χ3n) is 6.38. The number of rotatable bonds is 5. The van der Waals surface area contributed by atoms with E-state index in [9.17, 15) is 9.90 Å². The molecule has 38 heavy (non-hydrogen) atoms. The monoisotopic (exact) mass is 519 g/mol. The summed E-state index contributed by atoms with van der Waals surface area (Å²) in [5.74, 6) is 1.72. The van der Waals surface area contributed by atoms with Crippen LogP contribution in [0.1, 0.15) is 48.7 Å². The summed E-state index contributed by atoms with van der Waals surface area (Å²) in [6, 6.07) is 10.1. The van der Waals surface area contributed by atoms with E-state index in [1.165, 1.54) is 0 Å². The van der Waals surface area contributed by atoms with Gasteiger partial charge in [0.05, 0.1) is 5.56 Å². The molecule has 4 rings (SSSR count). The van der Waals surface area contributed by atoms with E-state index in [-0.39, 0.29) is 46.0 Å². The number of piperazine rings is 1. The Kier molecular flexibility index (Phi) is 7.65. The highest BCUT2D eigenvalue weighted by Crippen LogP contribution is 2.32. The Balaban J connectivity index is 1.51. The highest BCUT2D eigenvalue weighted by atomic mass is 16.3. The largest absolute Gasteiger partial charge is 0.505 e. The van der Waals surface area contributed by atoms with Crippen molar-refractivity contribution in [2.24, 2.45) is 21.9 Å². The molecule has 0 aliphatic carbocycles. The van der Waals surface area contributed by atoms with Gasteiger partial charge in [0.1, 0.15) is 17.2 Å². The molecular formula is C27H35N8O3+. The summed E-state index contributed by atoms with van der Waals surface area (Å²) >= 11 is 0. The molecular weight excluding hydrogens is 484 g/mol. The average molecular weight is 520 g/mol. The first-order chi connectivity index (χ1) is 18.0. The van der Waals surface area contributed by atoms with Crippen LogP contribution in [0.25, 0.3) is 0 Å². The van der Waals surface area contributed by atoms with Gasteiger partial charge in [-0.05, 0) is 37.3 Å². The van der Waals surface area contributed by atoms with Crippen molar-refractivity contribution in [2.45, 2.75) is 33.7 Å². The van der Waals surface area contributed by atoms with Gasteiger partial charge in [0, 0.05) is 44.0 Å². The van der Waals surface area contributed by atoms with Crippen molar-refractivity contribution in [3.63, 3.8) is 0 Å². The van der Waals surface area contributed by atoms with Crippen molar-refractivity contribution in [1.82, 2.24) is 14.9 Å². The number of aliphatic imine (C=N–C) groups is 1. The molecule has 3 heterocycles. The summed E-state index contributed by atoms with van der Waals surface area (Å²) in [6.07, 6.45) is 3.38. The lowest BCUT2D eigenvalue weighted by atomic mass is 9.85. The van der Waals surface area contributed by atoms with Gasteiger partial charge in [-0.15, -0.1) is 0 Å². The first-order valence-corrected chi connectivity index (χ1v) is 12.5. The lowest BCUT2D eigenvalue weighted by Crippen LogP contribution is -2.81. The molecule has 0 bridgehead atoms. The van der Waals surface area contributed by atoms with Gasteiger partial charge in [0.2, 0.25) is 11.8 Å². The van der Waals surface area contributed by atoms with E-state index in [0.29, 0.717) is 32.1 Å². The molecule has 1 aliphatic rings. The Morgan fingerprint density at radius 2 is 1.76 bits per heavy atom. The molecule has 0 unspecified atom stereocenters. The number of carbonyl (C=O) groups excluding carboxylic acids is 1. The maximum atomic E-state index is 13.2. The number of aromatic hydroxyl groups is 1. The molecule has 11 nitrogen and oxygen atoms in total. The molecule has 11 heteroatoms. The lowest BCUT2D eigenvalue weighted by molar-refractivity contribution is -0.532. The number of nitrogens with two attached hydrogens (primary N) is 2. The number of nitrogens with one attached hydrogen (secondary N) is 1. The van der Waals surface area contributed by atoms with Gasteiger partial charge in [0.15, 0.2) is 11.8 Å². The van der Waals surface area contributed by atoms with Crippen molar-refractivity contribution in [2.75, 3.05) is 31.1 Å². The van der Waals surface area contributed by atoms with Gasteiger partial charge in [-0.3, -0.25) is 15.5 Å². The first kappa shape index (κ1) is 26.6. The van der Waals surface area contributed by atoms with E-state index < -0.39 is 0 Å². The fourth-order valence-electron chi connectivity index (χ4n) is 4.27. The van der Waals surface area contributed by atoms with Crippen molar-refractivity contribution in [1.29, 1.82) is 0 Å². The number of hydrogen-bond acceptors (Lipinski definition) is 7. The Bertz CT molecular complexity index is 1340. The fraction of sp³-hybridized carbons (Fsp3) is 0.370. The van der Waals surface area contributed by atoms with E-state index >= 15 is 0 Å². The summed E-state index contributed by atoms with van der Waals surface area (Å²) in [5, 5.41) is 10.9. The smallest absolute Gasteiger partial charge is 0.309 e. The van der Waals surface area contributed by atoms with Crippen LogP contribution in [0, 0.1) is 12.3 Å². The second-order valence-electron chi connectivity index (χ2n) is 10.3.